The molecule has 1 fully saturated rings. The van der Waals surface area contributed by atoms with Crippen molar-refractivity contribution in [2.24, 2.45) is 0 Å². The van der Waals surface area contributed by atoms with Crippen molar-refractivity contribution < 1.29 is 35.5 Å². The Hall–Kier alpha value is -2.64. The number of alkyl halides is 4. The fraction of sp³-hybridized carbons (Fsp3) is 0.368. The molecule has 0 spiro atoms. The Morgan fingerprint density at radius 3 is 2.70 bits per heavy atom. The normalized spacial score (nSPS) is 24.9. The van der Waals surface area contributed by atoms with Gasteiger partial charge in [0.25, 0.3) is 0 Å². The highest BCUT2D eigenvalue weighted by atomic mass is 35.5. The summed E-state index contributed by atoms with van der Waals surface area (Å²) in [5.74, 6) is -1.78. The Labute approximate surface area is 191 Å². The van der Waals surface area contributed by atoms with Gasteiger partial charge in [-0.25, -0.2) is 23.2 Å². The number of ether oxygens (including phenoxy) is 1. The topological polar surface area (TPSA) is 91.8 Å². The van der Waals surface area contributed by atoms with E-state index in [-0.39, 0.29) is 28.7 Å². The van der Waals surface area contributed by atoms with Crippen LogP contribution in [0.1, 0.15) is 6.42 Å². The molecule has 1 amide bonds. The van der Waals surface area contributed by atoms with Gasteiger partial charge in [-0.1, -0.05) is 11.6 Å². The highest BCUT2D eigenvalue weighted by Gasteiger charge is 2.39. The van der Waals surface area contributed by atoms with Gasteiger partial charge in [0.15, 0.2) is 9.84 Å². The van der Waals surface area contributed by atoms with E-state index in [1.54, 1.807) is 0 Å². The Morgan fingerprint density at radius 2 is 2.06 bits per heavy atom. The number of amides is 1. The van der Waals surface area contributed by atoms with Crippen molar-refractivity contribution in [1.29, 1.82) is 0 Å². The number of nitrogens with zero attached hydrogens (tertiary/aromatic N) is 3. The quantitative estimate of drug-likeness (QED) is 0.494. The minimum atomic E-state index is -4.99. The summed E-state index contributed by atoms with van der Waals surface area (Å²) >= 11 is 5.95. The number of pyridine rings is 1. The van der Waals surface area contributed by atoms with Crippen LogP contribution in [-0.2, 0) is 19.4 Å². The van der Waals surface area contributed by atoms with Crippen LogP contribution in [0.5, 0.6) is 0 Å². The summed E-state index contributed by atoms with van der Waals surface area (Å²) in [4.78, 5) is 18.0. The molecular weight excluding hydrogens is 492 g/mol. The van der Waals surface area contributed by atoms with Gasteiger partial charge in [0, 0.05) is 30.8 Å². The molecule has 1 N–H and O–H groups in total. The molecule has 0 radical (unpaired) electrons. The van der Waals surface area contributed by atoms with Gasteiger partial charge in [-0.3, -0.25) is 9.80 Å². The van der Waals surface area contributed by atoms with Crippen molar-refractivity contribution in [2.45, 2.75) is 25.0 Å². The molecule has 3 aliphatic rings. The lowest BCUT2D eigenvalue weighted by Gasteiger charge is -2.27. The lowest BCUT2D eigenvalue weighted by atomic mass is 10.00. The van der Waals surface area contributed by atoms with Crippen molar-refractivity contribution in [3.63, 3.8) is 0 Å². The van der Waals surface area contributed by atoms with Gasteiger partial charge in [-0.05, 0) is 24.3 Å². The fourth-order valence-corrected chi connectivity index (χ4v) is 5.19. The monoisotopic (exact) mass is 508 g/mol. The molecule has 1 saturated heterocycles. The molecule has 0 saturated carbocycles. The van der Waals surface area contributed by atoms with E-state index >= 15 is 0 Å². The Morgan fingerprint density at radius 1 is 1.30 bits per heavy atom. The van der Waals surface area contributed by atoms with Crippen LogP contribution in [0.2, 0.25) is 5.15 Å². The van der Waals surface area contributed by atoms with Crippen LogP contribution in [0.4, 0.5) is 23.2 Å². The Bertz CT molecular complexity index is 1170. The Balaban J connectivity index is 1.69. The second-order valence-electron chi connectivity index (χ2n) is 7.51. The van der Waals surface area contributed by atoms with Crippen molar-refractivity contribution in [3.05, 3.63) is 58.7 Å². The molecule has 4 rings (SSSR count). The second kappa shape index (κ2) is 8.61. The summed E-state index contributed by atoms with van der Waals surface area (Å²) < 4.78 is 79.8. The number of carbonyl (C=O) groups is 1. The zero-order valence-electron chi connectivity index (χ0n) is 16.7. The second-order valence-corrected chi connectivity index (χ2v) is 10.1. The molecule has 1 aromatic rings. The van der Waals surface area contributed by atoms with Crippen LogP contribution in [0.15, 0.2) is 53.6 Å². The third-order valence-corrected chi connectivity index (χ3v) is 6.74. The van der Waals surface area contributed by atoms with Crippen LogP contribution in [-0.4, -0.2) is 61.0 Å². The van der Waals surface area contributed by atoms with Crippen LogP contribution in [0.3, 0.4) is 0 Å². The van der Waals surface area contributed by atoms with Gasteiger partial charge >= 0.3 is 6.36 Å². The number of nitrogens with one attached hydrogen (secondary N) is 1. The summed E-state index contributed by atoms with van der Waals surface area (Å²) in [5, 5.41) is 1.46. The number of halogens is 5. The molecule has 14 heteroatoms. The average molecular weight is 509 g/mol. The SMILES string of the molecule is O=C(C1C=C(C2=CC(F)CC(OC(F)(F)F)=C2)N(c2ccnc(Cl)c2)N1)N1CCS(=O)(=O)C1. The number of anilines is 1. The molecule has 2 atom stereocenters. The molecular formula is C19H17ClF4N4O4S. The van der Waals surface area contributed by atoms with Gasteiger partial charge in [0.2, 0.25) is 5.91 Å². The molecule has 0 bridgehead atoms. The highest BCUT2D eigenvalue weighted by molar-refractivity contribution is 7.91. The van der Waals surface area contributed by atoms with Gasteiger partial charge in [-0.15, -0.1) is 13.2 Å². The summed E-state index contributed by atoms with van der Waals surface area (Å²) in [7, 11) is -3.38. The minimum Gasteiger partial charge on any atom is -0.410 e. The smallest absolute Gasteiger partial charge is 0.410 e. The number of carbonyl (C=O) groups excluding carboxylic acids is 1. The summed E-state index contributed by atoms with van der Waals surface area (Å²) in [5.41, 5.74) is 3.46. The average Bonchev–Trinajstić information content (AvgIpc) is 3.29. The van der Waals surface area contributed by atoms with Gasteiger partial charge in [0.1, 0.15) is 29.0 Å². The zero-order chi connectivity index (χ0) is 24.0. The number of allylic oxidation sites excluding steroid dienone is 3. The molecule has 178 valence electrons. The van der Waals surface area contributed by atoms with Crippen LogP contribution in [0.25, 0.3) is 0 Å². The van der Waals surface area contributed by atoms with Gasteiger partial charge in [-0.2, -0.15) is 0 Å². The van der Waals surface area contributed by atoms with E-state index in [0.717, 1.165) is 17.1 Å². The third-order valence-electron chi connectivity index (χ3n) is 5.02. The van der Waals surface area contributed by atoms with Crippen molar-refractivity contribution in [2.75, 3.05) is 23.2 Å². The standard InChI is InChI=1S/C19H17ClF4N4O4S/c20-17-8-13(1-2-25-17)28-16(11-5-12(21)7-14(6-11)32-19(22,23)24)9-15(26-28)18(29)27-3-4-33(30,31)10-27/h1-2,5-6,8-9,12,15,26H,3-4,7,10H2. The predicted molar refractivity (Wildman–Crippen MR) is 110 cm³/mol. The first-order chi connectivity index (χ1) is 15.4. The number of hydrogen-bond donors (Lipinski definition) is 1. The lowest BCUT2D eigenvalue weighted by molar-refractivity contribution is -0.306. The molecule has 0 aromatic carbocycles. The first kappa shape index (κ1) is 23.5. The Kier molecular flexibility index (Phi) is 6.14. The molecule has 2 unspecified atom stereocenters. The number of hydrazine groups is 1. The maximum atomic E-state index is 14.3. The molecule has 8 nitrogen and oxygen atoms in total. The molecule has 33 heavy (non-hydrogen) atoms. The third kappa shape index (κ3) is 5.47. The number of aromatic nitrogens is 1. The first-order valence-electron chi connectivity index (χ1n) is 9.62. The number of hydrogen-bond acceptors (Lipinski definition) is 7. The minimum absolute atomic E-state index is 0.0162. The van der Waals surface area contributed by atoms with E-state index in [1.165, 1.54) is 29.4 Å². The molecule has 1 aliphatic carbocycles. The summed E-state index contributed by atoms with van der Waals surface area (Å²) in [6, 6.07) is 1.90. The van der Waals surface area contributed by atoms with E-state index in [0.29, 0.717) is 5.69 Å². The molecule has 2 aliphatic heterocycles. The fourth-order valence-electron chi connectivity index (χ4n) is 3.67. The van der Waals surface area contributed by atoms with E-state index in [1.807, 2.05) is 0 Å². The van der Waals surface area contributed by atoms with Crippen LogP contribution < -0.4 is 10.4 Å². The molecule has 3 heterocycles. The van der Waals surface area contributed by atoms with E-state index < -0.39 is 52.4 Å². The van der Waals surface area contributed by atoms with Crippen molar-refractivity contribution >= 4 is 33.0 Å². The maximum Gasteiger partial charge on any atom is 0.572 e. The maximum absolute atomic E-state index is 14.3. The predicted octanol–water partition coefficient (Wildman–Crippen LogP) is 2.62. The van der Waals surface area contributed by atoms with Crippen molar-refractivity contribution in [3.8, 4) is 0 Å². The van der Waals surface area contributed by atoms with E-state index in [9.17, 15) is 30.8 Å². The van der Waals surface area contributed by atoms with Gasteiger partial charge < -0.3 is 9.64 Å². The van der Waals surface area contributed by atoms with Crippen molar-refractivity contribution in [1.82, 2.24) is 15.3 Å². The summed E-state index contributed by atoms with van der Waals surface area (Å²) in [6.07, 6.45) is -2.44. The van der Waals surface area contributed by atoms with Crippen LogP contribution >= 0.6 is 11.6 Å². The molecule has 1 aromatic heterocycles. The van der Waals surface area contributed by atoms with E-state index in [2.05, 4.69) is 15.1 Å². The van der Waals surface area contributed by atoms with Gasteiger partial charge in [0.05, 0.1) is 17.1 Å². The van der Waals surface area contributed by atoms with E-state index in [4.69, 9.17) is 11.6 Å². The highest BCUT2D eigenvalue weighted by Crippen LogP contribution is 2.35. The number of rotatable bonds is 4. The summed E-state index contributed by atoms with van der Waals surface area (Å²) in [6.45, 7) is 0.0162. The lowest BCUT2D eigenvalue weighted by Crippen LogP contribution is -2.47. The van der Waals surface area contributed by atoms with Crippen LogP contribution in [0, 0.1) is 0 Å². The largest absolute Gasteiger partial charge is 0.572 e. The number of sulfone groups is 1. The zero-order valence-corrected chi connectivity index (χ0v) is 18.3. The first-order valence-corrected chi connectivity index (χ1v) is 11.8.